The van der Waals surface area contributed by atoms with E-state index in [0.29, 0.717) is 11.5 Å². The Hall–Kier alpha value is -1.68. The van der Waals surface area contributed by atoms with Crippen LogP contribution in [0.5, 0.6) is 5.75 Å². The summed E-state index contributed by atoms with van der Waals surface area (Å²) in [5.41, 5.74) is 2.47. The van der Waals surface area contributed by atoms with Crippen molar-refractivity contribution in [2.45, 2.75) is 25.9 Å². The number of ether oxygens (including phenoxy) is 1. The number of rotatable bonds is 4. The third-order valence-corrected chi connectivity index (χ3v) is 3.53. The average Bonchev–Trinajstić information content (AvgIpc) is 2.45. The lowest BCUT2D eigenvalue weighted by molar-refractivity contribution is -0.153. The van der Waals surface area contributed by atoms with E-state index < -0.39 is 12.8 Å². The minimum absolute atomic E-state index is 0.0544. The largest absolute Gasteiger partial charge is 0.482 e. The summed E-state index contributed by atoms with van der Waals surface area (Å²) >= 11 is 6.00. The molecule has 0 aliphatic carbocycles. The molecular formula is C17H16ClF3O. The molecule has 0 saturated heterocycles. The Morgan fingerprint density at radius 1 is 1.05 bits per heavy atom. The van der Waals surface area contributed by atoms with Crippen molar-refractivity contribution in [3.05, 3.63) is 53.1 Å². The molecular weight excluding hydrogens is 313 g/mol. The smallest absolute Gasteiger partial charge is 0.422 e. The van der Waals surface area contributed by atoms with Crippen LogP contribution in [0.25, 0.3) is 11.1 Å². The zero-order valence-electron chi connectivity index (χ0n) is 12.2. The molecule has 0 unspecified atom stereocenters. The number of alkyl halides is 3. The van der Waals surface area contributed by atoms with Crippen molar-refractivity contribution in [1.29, 1.82) is 0 Å². The van der Waals surface area contributed by atoms with Gasteiger partial charge in [-0.3, -0.25) is 0 Å². The molecule has 5 heteroatoms. The minimum Gasteiger partial charge on any atom is -0.482 e. The number of para-hydroxylation sites is 1. The Bertz CT molecular complexity index is 633. The zero-order valence-corrected chi connectivity index (χ0v) is 13.0. The van der Waals surface area contributed by atoms with Gasteiger partial charge in [-0.15, -0.1) is 0 Å². The summed E-state index contributed by atoms with van der Waals surface area (Å²) in [5.74, 6) is 0.438. The van der Waals surface area contributed by atoms with Crippen LogP contribution in [0.3, 0.4) is 0 Å². The van der Waals surface area contributed by atoms with Crippen LogP contribution in [0.1, 0.15) is 25.3 Å². The summed E-state index contributed by atoms with van der Waals surface area (Å²) in [6.45, 7) is 2.78. The molecule has 2 rings (SSSR count). The monoisotopic (exact) mass is 328 g/mol. The summed E-state index contributed by atoms with van der Waals surface area (Å²) in [6, 6.07) is 12.5. The average molecular weight is 329 g/mol. The predicted molar refractivity (Wildman–Crippen MR) is 82.5 cm³/mol. The fourth-order valence-electron chi connectivity index (χ4n) is 2.08. The third kappa shape index (κ3) is 4.17. The first kappa shape index (κ1) is 16.7. The van der Waals surface area contributed by atoms with Gasteiger partial charge >= 0.3 is 6.18 Å². The van der Waals surface area contributed by atoms with Gasteiger partial charge in [-0.05, 0) is 23.1 Å². The summed E-state index contributed by atoms with van der Waals surface area (Å²) < 4.78 is 42.1. The summed E-state index contributed by atoms with van der Waals surface area (Å²) in [5, 5.41) is 0.162. The number of halogens is 4. The molecule has 0 amide bonds. The van der Waals surface area contributed by atoms with E-state index in [1.165, 1.54) is 6.07 Å². The van der Waals surface area contributed by atoms with E-state index in [1.807, 2.05) is 24.3 Å². The molecule has 2 aromatic rings. The number of hydrogen-bond acceptors (Lipinski definition) is 1. The highest BCUT2D eigenvalue weighted by atomic mass is 35.5. The molecule has 118 valence electrons. The van der Waals surface area contributed by atoms with E-state index in [1.54, 1.807) is 12.1 Å². The fraction of sp³-hybridized carbons (Fsp3) is 0.294. The van der Waals surface area contributed by atoms with E-state index in [9.17, 15) is 13.2 Å². The molecule has 0 heterocycles. The molecule has 0 spiro atoms. The van der Waals surface area contributed by atoms with Crippen molar-refractivity contribution in [1.82, 2.24) is 0 Å². The molecule has 0 radical (unpaired) electrons. The highest BCUT2D eigenvalue weighted by molar-refractivity contribution is 6.32. The van der Waals surface area contributed by atoms with E-state index in [0.717, 1.165) is 11.1 Å². The molecule has 0 fully saturated rings. The van der Waals surface area contributed by atoms with Crippen molar-refractivity contribution in [2.24, 2.45) is 0 Å². The van der Waals surface area contributed by atoms with Crippen LogP contribution in [0.15, 0.2) is 42.5 Å². The number of hydrogen-bond donors (Lipinski definition) is 0. The van der Waals surface area contributed by atoms with Crippen LogP contribution in [0.4, 0.5) is 13.2 Å². The standard InChI is InChI=1S/C17H16ClF3O/c1-11(2)12-6-8-13(9-7-12)14-4-3-5-15(18)16(14)22-10-17(19,20)21/h3-9,11H,10H2,1-2H3. The van der Waals surface area contributed by atoms with Gasteiger partial charge in [0.25, 0.3) is 0 Å². The van der Waals surface area contributed by atoms with E-state index in [-0.39, 0.29) is 10.8 Å². The molecule has 22 heavy (non-hydrogen) atoms. The van der Waals surface area contributed by atoms with Crippen molar-refractivity contribution >= 4 is 11.6 Å². The SMILES string of the molecule is CC(C)c1ccc(-c2cccc(Cl)c2OCC(F)(F)F)cc1. The van der Waals surface area contributed by atoms with Crippen LogP contribution in [0, 0.1) is 0 Å². The van der Waals surface area contributed by atoms with E-state index in [2.05, 4.69) is 13.8 Å². The Labute approximate surface area is 132 Å². The first-order valence-electron chi connectivity index (χ1n) is 6.86. The van der Waals surface area contributed by atoms with E-state index >= 15 is 0 Å². The topological polar surface area (TPSA) is 9.23 Å². The first-order valence-corrected chi connectivity index (χ1v) is 7.24. The Morgan fingerprint density at radius 2 is 1.68 bits per heavy atom. The maximum Gasteiger partial charge on any atom is 0.422 e. The summed E-state index contributed by atoms with van der Waals surface area (Å²) in [6.07, 6.45) is -4.40. The van der Waals surface area contributed by atoms with Gasteiger partial charge < -0.3 is 4.74 Å². The highest BCUT2D eigenvalue weighted by Crippen LogP contribution is 2.37. The summed E-state index contributed by atoms with van der Waals surface area (Å²) in [4.78, 5) is 0. The first-order chi connectivity index (χ1) is 10.3. The van der Waals surface area contributed by atoms with Crippen LogP contribution in [-0.2, 0) is 0 Å². The van der Waals surface area contributed by atoms with Crippen molar-refractivity contribution in [3.8, 4) is 16.9 Å². The fourth-order valence-corrected chi connectivity index (χ4v) is 2.31. The second kappa shape index (κ2) is 6.61. The quantitative estimate of drug-likeness (QED) is 0.661. The molecule has 0 atom stereocenters. The Kier molecular flexibility index (Phi) is 5.01. The molecule has 0 aliphatic heterocycles. The predicted octanol–water partition coefficient (Wildman–Crippen LogP) is 6.07. The van der Waals surface area contributed by atoms with Crippen LogP contribution < -0.4 is 4.74 Å². The molecule has 0 aliphatic rings. The van der Waals surface area contributed by atoms with Crippen molar-refractivity contribution in [3.63, 3.8) is 0 Å². The number of benzene rings is 2. The van der Waals surface area contributed by atoms with Gasteiger partial charge in [-0.2, -0.15) is 13.2 Å². The lowest BCUT2D eigenvalue weighted by atomic mass is 9.98. The Morgan fingerprint density at radius 3 is 2.23 bits per heavy atom. The van der Waals surface area contributed by atoms with Crippen LogP contribution >= 0.6 is 11.6 Å². The minimum atomic E-state index is -4.40. The van der Waals surface area contributed by atoms with Crippen LogP contribution in [0.2, 0.25) is 5.02 Å². The molecule has 1 nitrogen and oxygen atoms in total. The molecule has 0 aromatic heterocycles. The van der Waals surface area contributed by atoms with Crippen LogP contribution in [-0.4, -0.2) is 12.8 Å². The van der Waals surface area contributed by atoms with E-state index in [4.69, 9.17) is 16.3 Å². The molecule has 0 bridgehead atoms. The molecule has 0 saturated carbocycles. The molecule has 2 aromatic carbocycles. The second-order valence-electron chi connectivity index (χ2n) is 5.30. The van der Waals surface area contributed by atoms with Gasteiger partial charge in [0, 0.05) is 5.56 Å². The summed E-state index contributed by atoms with van der Waals surface area (Å²) in [7, 11) is 0. The second-order valence-corrected chi connectivity index (χ2v) is 5.70. The van der Waals surface area contributed by atoms with Gasteiger partial charge in [-0.25, -0.2) is 0 Å². The maximum absolute atomic E-state index is 12.4. The zero-order chi connectivity index (χ0) is 16.3. The maximum atomic E-state index is 12.4. The van der Waals surface area contributed by atoms with Gasteiger partial charge in [-0.1, -0.05) is 61.8 Å². The van der Waals surface area contributed by atoms with Crippen molar-refractivity contribution in [2.75, 3.05) is 6.61 Å². The Balaban J connectivity index is 2.36. The van der Waals surface area contributed by atoms with Gasteiger partial charge in [0.1, 0.15) is 5.75 Å². The lowest BCUT2D eigenvalue weighted by Crippen LogP contribution is -2.19. The normalized spacial score (nSPS) is 11.8. The molecule has 0 N–H and O–H groups in total. The van der Waals surface area contributed by atoms with Crippen molar-refractivity contribution < 1.29 is 17.9 Å². The van der Waals surface area contributed by atoms with Gasteiger partial charge in [0.2, 0.25) is 0 Å². The lowest BCUT2D eigenvalue weighted by Gasteiger charge is -2.15. The highest BCUT2D eigenvalue weighted by Gasteiger charge is 2.29. The van der Waals surface area contributed by atoms with Gasteiger partial charge in [0.05, 0.1) is 5.02 Å². The third-order valence-electron chi connectivity index (χ3n) is 3.24. The van der Waals surface area contributed by atoms with Gasteiger partial charge in [0.15, 0.2) is 6.61 Å².